The van der Waals surface area contributed by atoms with Crippen LogP contribution in [0.5, 0.6) is 0 Å². The van der Waals surface area contributed by atoms with E-state index in [1.165, 1.54) is 26.1 Å². The summed E-state index contributed by atoms with van der Waals surface area (Å²) >= 11 is 0. The second-order valence-corrected chi connectivity index (χ2v) is 7.14. The van der Waals surface area contributed by atoms with Gasteiger partial charge in [-0.1, -0.05) is 6.07 Å². The summed E-state index contributed by atoms with van der Waals surface area (Å²) in [7, 11) is -2.53. The molecule has 1 fully saturated rings. The highest BCUT2D eigenvalue weighted by Crippen LogP contribution is 2.34. The zero-order chi connectivity index (χ0) is 15.8. The Labute approximate surface area is 134 Å². The molecule has 1 aliphatic heterocycles. The highest BCUT2D eigenvalue weighted by Gasteiger charge is 2.35. The van der Waals surface area contributed by atoms with Crippen molar-refractivity contribution in [2.45, 2.75) is 30.5 Å². The van der Waals surface area contributed by atoms with Gasteiger partial charge in [0.1, 0.15) is 0 Å². The molecule has 1 aromatic rings. The van der Waals surface area contributed by atoms with E-state index in [0.29, 0.717) is 25.6 Å². The molecular formula is C13H18ClF3N2O2S. The maximum Gasteiger partial charge on any atom is 0.416 e. The summed E-state index contributed by atoms with van der Waals surface area (Å²) in [5.74, 6) is 0. The van der Waals surface area contributed by atoms with Gasteiger partial charge in [0.05, 0.1) is 10.5 Å². The van der Waals surface area contributed by atoms with E-state index in [-0.39, 0.29) is 28.9 Å². The first-order valence-corrected chi connectivity index (χ1v) is 7.94. The molecule has 1 saturated heterocycles. The van der Waals surface area contributed by atoms with Gasteiger partial charge in [0, 0.05) is 19.6 Å². The van der Waals surface area contributed by atoms with Gasteiger partial charge in [0.25, 0.3) is 0 Å². The Morgan fingerprint density at radius 3 is 2.45 bits per heavy atom. The monoisotopic (exact) mass is 358 g/mol. The standard InChI is InChI=1S/C13H17F3N2O2S.ClH/c1-9-3-4-11(7-12(9)13(14,15)16)21(19,20)18(2)10-5-6-17-8-10;/h3-4,7,10,17H,5-6,8H2,1-2H3;1H. The molecule has 22 heavy (non-hydrogen) atoms. The molecule has 1 unspecified atom stereocenters. The first-order valence-electron chi connectivity index (χ1n) is 6.50. The first-order chi connectivity index (χ1) is 9.64. The van der Waals surface area contributed by atoms with E-state index in [1.54, 1.807) is 0 Å². The Balaban J connectivity index is 0.00000242. The molecular weight excluding hydrogens is 341 g/mol. The van der Waals surface area contributed by atoms with Gasteiger partial charge >= 0.3 is 6.18 Å². The molecule has 0 bridgehead atoms. The summed E-state index contributed by atoms with van der Waals surface area (Å²) < 4.78 is 64.7. The number of sulfonamides is 1. The summed E-state index contributed by atoms with van der Waals surface area (Å²) in [5, 5.41) is 3.04. The van der Waals surface area contributed by atoms with Crippen LogP contribution in [0.1, 0.15) is 17.5 Å². The Hall–Kier alpha value is -0.830. The van der Waals surface area contributed by atoms with E-state index in [1.807, 2.05) is 0 Å². The van der Waals surface area contributed by atoms with Crippen molar-refractivity contribution in [1.82, 2.24) is 9.62 Å². The molecule has 1 atom stereocenters. The van der Waals surface area contributed by atoms with Crippen LogP contribution in [0, 0.1) is 6.92 Å². The van der Waals surface area contributed by atoms with Gasteiger partial charge in [0.2, 0.25) is 10.0 Å². The highest BCUT2D eigenvalue weighted by atomic mass is 35.5. The normalized spacial score (nSPS) is 19.3. The molecule has 0 spiro atoms. The van der Waals surface area contributed by atoms with Crippen molar-refractivity contribution in [1.29, 1.82) is 0 Å². The van der Waals surface area contributed by atoms with Crippen molar-refractivity contribution in [3.05, 3.63) is 29.3 Å². The lowest BCUT2D eigenvalue weighted by atomic mass is 10.1. The fourth-order valence-electron chi connectivity index (χ4n) is 2.38. The molecule has 0 saturated carbocycles. The zero-order valence-corrected chi connectivity index (χ0v) is 13.8. The predicted molar refractivity (Wildman–Crippen MR) is 79.7 cm³/mol. The van der Waals surface area contributed by atoms with E-state index < -0.39 is 21.8 Å². The van der Waals surface area contributed by atoms with E-state index >= 15 is 0 Å². The van der Waals surface area contributed by atoms with Crippen LogP contribution in [0.4, 0.5) is 13.2 Å². The van der Waals surface area contributed by atoms with Crippen molar-refractivity contribution in [2.75, 3.05) is 20.1 Å². The molecule has 126 valence electrons. The minimum atomic E-state index is -4.57. The minimum absolute atomic E-state index is 0. The number of hydrogen-bond acceptors (Lipinski definition) is 3. The second kappa shape index (κ2) is 6.74. The minimum Gasteiger partial charge on any atom is -0.315 e. The molecule has 1 aliphatic rings. The van der Waals surface area contributed by atoms with Gasteiger partial charge in [-0.15, -0.1) is 12.4 Å². The van der Waals surface area contributed by atoms with Gasteiger partial charge in [-0.25, -0.2) is 8.42 Å². The number of nitrogens with zero attached hydrogens (tertiary/aromatic N) is 1. The third-order valence-electron chi connectivity index (χ3n) is 3.74. The second-order valence-electron chi connectivity index (χ2n) is 5.14. The average Bonchev–Trinajstić information content (AvgIpc) is 2.90. The maximum atomic E-state index is 12.9. The fraction of sp³-hybridized carbons (Fsp3) is 0.538. The van der Waals surface area contributed by atoms with Gasteiger partial charge < -0.3 is 5.32 Å². The summed E-state index contributed by atoms with van der Waals surface area (Å²) in [5.41, 5.74) is -0.909. The van der Waals surface area contributed by atoms with Crippen molar-refractivity contribution < 1.29 is 21.6 Å². The molecule has 9 heteroatoms. The lowest BCUT2D eigenvalue weighted by Crippen LogP contribution is -2.38. The summed E-state index contributed by atoms with van der Waals surface area (Å²) in [6.07, 6.45) is -3.92. The molecule has 1 heterocycles. The predicted octanol–water partition coefficient (Wildman–Crippen LogP) is 2.42. The Morgan fingerprint density at radius 1 is 1.32 bits per heavy atom. The third kappa shape index (κ3) is 3.73. The topological polar surface area (TPSA) is 49.4 Å². The number of likely N-dealkylation sites (N-methyl/N-ethyl adjacent to an activating group) is 1. The quantitative estimate of drug-likeness (QED) is 0.902. The lowest BCUT2D eigenvalue weighted by molar-refractivity contribution is -0.138. The van der Waals surface area contributed by atoms with Gasteiger partial charge in [0.15, 0.2) is 0 Å². The number of alkyl halides is 3. The Kier molecular flexibility index (Phi) is 5.88. The van der Waals surface area contributed by atoms with Crippen molar-refractivity contribution in [3.63, 3.8) is 0 Å². The van der Waals surface area contributed by atoms with Crippen LogP contribution in [-0.2, 0) is 16.2 Å². The number of hydrogen-bond donors (Lipinski definition) is 1. The van der Waals surface area contributed by atoms with Gasteiger partial charge in [-0.3, -0.25) is 0 Å². The van der Waals surface area contributed by atoms with E-state index in [2.05, 4.69) is 5.32 Å². The average molecular weight is 359 g/mol. The molecule has 4 nitrogen and oxygen atoms in total. The summed E-state index contributed by atoms with van der Waals surface area (Å²) in [6, 6.07) is 2.89. The molecule has 0 aliphatic carbocycles. The largest absolute Gasteiger partial charge is 0.416 e. The van der Waals surface area contributed by atoms with E-state index in [9.17, 15) is 21.6 Å². The van der Waals surface area contributed by atoms with Crippen LogP contribution in [0.15, 0.2) is 23.1 Å². The molecule has 1 aromatic carbocycles. The van der Waals surface area contributed by atoms with Gasteiger partial charge in [-0.05, 0) is 37.6 Å². The maximum absolute atomic E-state index is 12.9. The number of benzene rings is 1. The third-order valence-corrected chi connectivity index (χ3v) is 5.65. The van der Waals surface area contributed by atoms with Crippen LogP contribution in [-0.4, -0.2) is 38.9 Å². The van der Waals surface area contributed by atoms with Crippen molar-refractivity contribution in [2.24, 2.45) is 0 Å². The molecule has 0 amide bonds. The highest BCUT2D eigenvalue weighted by molar-refractivity contribution is 7.89. The van der Waals surface area contributed by atoms with Crippen LogP contribution in [0.2, 0.25) is 0 Å². The Bertz CT molecular complexity index is 629. The number of rotatable bonds is 3. The van der Waals surface area contributed by atoms with E-state index in [0.717, 1.165) is 4.31 Å². The Morgan fingerprint density at radius 2 is 1.95 bits per heavy atom. The van der Waals surface area contributed by atoms with E-state index in [4.69, 9.17) is 0 Å². The lowest BCUT2D eigenvalue weighted by Gasteiger charge is -2.23. The van der Waals surface area contributed by atoms with Crippen LogP contribution in [0.25, 0.3) is 0 Å². The van der Waals surface area contributed by atoms with Crippen LogP contribution < -0.4 is 5.32 Å². The zero-order valence-electron chi connectivity index (χ0n) is 12.1. The van der Waals surface area contributed by atoms with Crippen molar-refractivity contribution >= 4 is 22.4 Å². The van der Waals surface area contributed by atoms with Crippen molar-refractivity contribution in [3.8, 4) is 0 Å². The van der Waals surface area contributed by atoms with Gasteiger partial charge in [-0.2, -0.15) is 17.5 Å². The fourth-order valence-corrected chi connectivity index (χ4v) is 3.79. The molecule has 0 aromatic heterocycles. The number of aryl methyl sites for hydroxylation is 1. The summed E-state index contributed by atoms with van der Waals surface area (Å²) in [4.78, 5) is -0.324. The number of halogens is 4. The van der Waals surface area contributed by atoms with Crippen LogP contribution >= 0.6 is 12.4 Å². The SMILES string of the molecule is Cc1ccc(S(=O)(=O)N(C)C2CCNC2)cc1C(F)(F)F.Cl. The summed E-state index contributed by atoms with van der Waals surface area (Å²) in [6.45, 7) is 2.52. The van der Waals surface area contributed by atoms with Crippen LogP contribution in [0.3, 0.4) is 0 Å². The molecule has 2 rings (SSSR count). The molecule has 0 radical (unpaired) electrons. The molecule has 1 N–H and O–H groups in total. The smallest absolute Gasteiger partial charge is 0.315 e. The first kappa shape index (κ1) is 19.2. The number of nitrogens with one attached hydrogen (secondary N) is 1.